The predicted octanol–water partition coefficient (Wildman–Crippen LogP) is 3.72. The van der Waals surface area contributed by atoms with Crippen LogP contribution in [0.2, 0.25) is 0 Å². The number of carbonyl (C=O) groups excluding carboxylic acids is 2. The Labute approximate surface area is 177 Å². The van der Waals surface area contributed by atoms with Crippen LogP contribution in [0.4, 0.5) is 5.69 Å². The summed E-state index contributed by atoms with van der Waals surface area (Å²) in [4.78, 5) is 30.8. The number of ether oxygens (including phenoxy) is 3. The number of amides is 1. The third-order valence-electron chi connectivity index (χ3n) is 4.91. The Kier molecular flexibility index (Phi) is 5.67. The van der Waals surface area contributed by atoms with Crippen LogP contribution < -0.4 is 14.4 Å². The number of hydrogen-bond acceptors (Lipinski definition) is 7. The second-order valence-corrected chi connectivity index (χ2v) is 7.39. The van der Waals surface area contributed by atoms with Gasteiger partial charge >= 0.3 is 5.97 Å². The Bertz CT molecular complexity index is 1080. The van der Waals surface area contributed by atoms with Gasteiger partial charge in [0.05, 0.1) is 31.0 Å². The number of anilines is 1. The van der Waals surface area contributed by atoms with Crippen LogP contribution in [-0.2, 0) is 17.8 Å². The van der Waals surface area contributed by atoms with Gasteiger partial charge in [0.15, 0.2) is 11.5 Å². The second kappa shape index (κ2) is 8.54. The van der Waals surface area contributed by atoms with E-state index in [9.17, 15) is 9.59 Å². The molecule has 0 N–H and O–H groups in total. The summed E-state index contributed by atoms with van der Waals surface area (Å²) >= 11 is 1.51. The van der Waals surface area contributed by atoms with Crippen molar-refractivity contribution in [2.24, 2.45) is 0 Å². The summed E-state index contributed by atoms with van der Waals surface area (Å²) in [5.41, 5.74) is 5.31. The first-order chi connectivity index (χ1) is 14.6. The Hall–Kier alpha value is -3.39. The molecule has 0 aliphatic carbocycles. The quantitative estimate of drug-likeness (QED) is 0.561. The van der Waals surface area contributed by atoms with E-state index >= 15 is 0 Å². The Morgan fingerprint density at radius 1 is 1.10 bits per heavy atom. The summed E-state index contributed by atoms with van der Waals surface area (Å²) in [6, 6.07) is 10.4. The van der Waals surface area contributed by atoms with Crippen LogP contribution in [0, 0.1) is 0 Å². The molecular weight excluding hydrogens is 404 g/mol. The van der Waals surface area contributed by atoms with Crippen LogP contribution in [-0.4, -0.2) is 37.6 Å². The second-order valence-electron chi connectivity index (χ2n) is 6.68. The van der Waals surface area contributed by atoms with Crippen molar-refractivity contribution in [1.82, 2.24) is 4.98 Å². The molecule has 1 aliphatic heterocycles. The maximum atomic E-state index is 13.1. The van der Waals surface area contributed by atoms with Gasteiger partial charge in [-0.05, 0) is 48.4 Å². The van der Waals surface area contributed by atoms with E-state index in [4.69, 9.17) is 14.2 Å². The molecule has 0 radical (unpaired) electrons. The molecule has 1 aromatic heterocycles. The first kappa shape index (κ1) is 19.9. The maximum absolute atomic E-state index is 13.1. The van der Waals surface area contributed by atoms with E-state index in [2.05, 4.69) is 4.98 Å². The molecule has 1 aliphatic rings. The molecule has 0 atom stereocenters. The average Bonchev–Trinajstić information content (AvgIpc) is 3.45. The van der Waals surface area contributed by atoms with Crippen LogP contribution in [0.3, 0.4) is 0 Å². The molecule has 8 heteroatoms. The monoisotopic (exact) mass is 424 g/mol. The molecule has 2 aromatic carbocycles. The van der Waals surface area contributed by atoms with Crippen molar-refractivity contribution in [1.29, 1.82) is 0 Å². The molecule has 30 heavy (non-hydrogen) atoms. The number of aromatic nitrogens is 1. The van der Waals surface area contributed by atoms with Crippen molar-refractivity contribution >= 4 is 28.9 Å². The van der Waals surface area contributed by atoms with Gasteiger partial charge in [0.1, 0.15) is 6.61 Å². The molecule has 1 amide bonds. The molecule has 0 fully saturated rings. The lowest BCUT2D eigenvalue weighted by Gasteiger charge is -2.19. The van der Waals surface area contributed by atoms with Gasteiger partial charge in [-0.1, -0.05) is 0 Å². The molecule has 0 unspecified atom stereocenters. The smallest absolute Gasteiger partial charge is 0.337 e. The van der Waals surface area contributed by atoms with Crippen molar-refractivity contribution in [3.05, 3.63) is 69.7 Å². The number of esters is 1. The summed E-state index contributed by atoms with van der Waals surface area (Å²) in [5.74, 6) is 0.507. The topological polar surface area (TPSA) is 78.0 Å². The van der Waals surface area contributed by atoms with Gasteiger partial charge < -0.3 is 19.1 Å². The summed E-state index contributed by atoms with van der Waals surface area (Å²) in [6.45, 7) is 0.873. The Balaban J connectivity index is 1.53. The molecular formula is C22H20N2O5S. The number of fused-ring (bicyclic) bond motifs is 1. The van der Waals surface area contributed by atoms with Crippen LogP contribution in [0.1, 0.15) is 32.0 Å². The normalized spacial score (nSPS) is 12.4. The van der Waals surface area contributed by atoms with E-state index in [1.165, 1.54) is 18.4 Å². The molecule has 154 valence electrons. The maximum Gasteiger partial charge on any atom is 0.337 e. The largest absolute Gasteiger partial charge is 0.493 e. The van der Waals surface area contributed by atoms with E-state index in [1.807, 2.05) is 5.38 Å². The fourth-order valence-electron chi connectivity index (χ4n) is 3.39. The highest BCUT2D eigenvalue weighted by Gasteiger charge is 2.27. The molecule has 3 aromatic rings. The van der Waals surface area contributed by atoms with Crippen molar-refractivity contribution in [2.45, 2.75) is 13.0 Å². The number of rotatable bonds is 6. The Morgan fingerprint density at radius 3 is 2.67 bits per heavy atom. The minimum atomic E-state index is -0.388. The van der Waals surface area contributed by atoms with Crippen LogP contribution in [0.5, 0.6) is 11.5 Å². The molecule has 7 nitrogen and oxygen atoms in total. The Morgan fingerprint density at radius 2 is 1.93 bits per heavy atom. The zero-order valence-electron chi connectivity index (χ0n) is 16.6. The lowest BCUT2D eigenvalue weighted by atomic mass is 10.1. The average molecular weight is 424 g/mol. The van der Waals surface area contributed by atoms with Gasteiger partial charge in [0.25, 0.3) is 5.91 Å². The van der Waals surface area contributed by atoms with Gasteiger partial charge in [-0.15, -0.1) is 11.3 Å². The summed E-state index contributed by atoms with van der Waals surface area (Å²) < 4.78 is 16.0. The zero-order valence-corrected chi connectivity index (χ0v) is 17.4. The third kappa shape index (κ3) is 3.86. The van der Waals surface area contributed by atoms with E-state index in [0.29, 0.717) is 42.2 Å². The number of benzene rings is 2. The standard InChI is InChI=1S/C22H20N2O5S/c1-27-20-10-15(4-6-19(20)29-11-17-12-30-13-23-17)21(25)24-8-7-14-9-16(22(26)28-2)3-5-18(14)24/h3-6,9-10,12-13H,7-8,11H2,1-2H3. The molecule has 0 bridgehead atoms. The first-order valence-corrected chi connectivity index (χ1v) is 10.3. The summed E-state index contributed by atoms with van der Waals surface area (Å²) in [7, 11) is 2.89. The third-order valence-corrected chi connectivity index (χ3v) is 5.55. The van der Waals surface area contributed by atoms with Crippen molar-refractivity contribution in [3.8, 4) is 11.5 Å². The summed E-state index contributed by atoms with van der Waals surface area (Å²) in [5, 5.41) is 1.92. The number of thiazole rings is 1. The van der Waals surface area contributed by atoms with Crippen molar-refractivity contribution in [2.75, 3.05) is 25.7 Å². The molecule has 0 saturated carbocycles. The number of nitrogens with zero attached hydrogens (tertiary/aromatic N) is 2. The fourth-order valence-corrected chi connectivity index (χ4v) is 3.94. The highest BCUT2D eigenvalue weighted by molar-refractivity contribution is 7.07. The minimum absolute atomic E-state index is 0.135. The molecule has 2 heterocycles. The van der Waals surface area contributed by atoms with E-state index in [1.54, 1.807) is 53.9 Å². The predicted molar refractivity (Wildman–Crippen MR) is 113 cm³/mol. The van der Waals surface area contributed by atoms with E-state index in [-0.39, 0.29) is 11.9 Å². The molecule has 0 spiro atoms. The summed E-state index contributed by atoms with van der Waals surface area (Å²) in [6.07, 6.45) is 0.678. The number of carbonyl (C=O) groups is 2. The van der Waals surface area contributed by atoms with Crippen LogP contribution in [0.25, 0.3) is 0 Å². The highest BCUT2D eigenvalue weighted by Crippen LogP contribution is 2.33. The molecule has 4 rings (SSSR count). The van der Waals surface area contributed by atoms with Crippen molar-refractivity contribution < 1.29 is 23.8 Å². The van der Waals surface area contributed by atoms with Gasteiger partial charge in [0.2, 0.25) is 0 Å². The van der Waals surface area contributed by atoms with E-state index in [0.717, 1.165) is 16.9 Å². The van der Waals surface area contributed by atoms with Crippen molar-refractivity contribution in [3.63, 3.8) is 0 Å². The highest BCUT2D eigenvalue weighted by atomic mass is 32.1. The van der Waals surface area contributed by atoms with Gasteiger partial charge in [0, 0.05) is 23.2 Å². The van der Waals surface area contributed by atoms with Gasteiger partial charge in [-0.2, -0.15) is 0 Å². The number of hydrogen-bond donors (Lipinski definition) is 0. The van der Waals surface area contributed by atoms with Crippen LogP contribution in [0.15, 0.2) is 47.3 Å². The van der Waals surface area contributed by atoms with Gasteiger partial charge in [-0.3, -0.25) is 4.79 Å². The molecule has 0 saturated heterocycles. The first-order valence-electron chi connectivity index (χ1n) is 9.31. The van der Waals surface area contributed by atoms with Gasteiger partial charge in [-0.25, -0.2) is 9.78 Å². The fraction of sp³-hybridized carbons (Fsp3) is 0.227. The SMILES string of the molecule is COC(=O)c1ccc2c(c1)CCN2C(=O)c1ccc(OCc2cscn2)c(OC)c1. The van der Waals surface area contributed by atoms with E-state index < -0.39 is 0 Å². The lowest BCUT2D eigenvalue weighted by Crippen LogP contribution is -2.28. The zero-order chi connectivity index (χ0) is 21.1. The lowest BCUT2D eigenvalue weighted by molar-refractivity contribution is 0.0600. The number of methoxy groups -OCH3 is 2. The van der Waals surface area contributed by atoms with Crippen LogP contribution >= 0.6 is 11.3 Å². The minimum Gasteiger partial charge on any atom is -0.493 e.